The van der Waals surface area contributed by atoms with Gasteiger partial charge in [0.05, 0.1) is 12.8 Å². The lowest BCUT2D eigenvalue weighted by molar-refractivity contribution is -0.666. The fraction of sp³-hybridized carbons (Fsp3) is 0.450. The number of unbranched alkanes of at least 4 members (excludes halogenated alkanes) is 4. The van der Waals surface area contributed by atoms with Gasteiger partial charge in [0.15, 0.2) is 0 Å². The van der Waals surface area contributed by atoms with E-state index in [2.05, 4.69) is 17.6 Å². The number of aliphatic hydroxyl groups is 1. The van der Waals surface area contributed by atoms with Crippen molar-refractivity contribution in [1.82, 2.24) is 4.57 Å². The average molecular weight is 342 g/mol. The molecule has 0 radical (unpaired) electrons. The summed E-state index contributed by atoms with van der Waals surface area (Å²) in [5, 5.41) is 10.4. The summed E-state index contributed by atoms with van der Waals surface area (Å²) in [5.74, 6) is 1.24. The first kappa shape index (κ1) is 17.5. The maximum absolute atomic E-state index is 10.4. The molecule has 0 aliphatic carbocycles. The van der Waals surface area contributed by atoms with E-state index in [1.807, 2.05) is 22.8 Å². The fourth-order valence-corrected chi connectivity index (χ4v) is 3.36. The van der Waals surface area contributed by atoms with Crippen LogP contribution in [0.1, 0.15) is 50.9 Å². The number of para-hydroxylation sites is 2. The molecule has 25 heavy (non-hydrogen) atoms. The molecule has 0 spiro atoms. The Bertz CT molecular complexity index is 793. The Kier molecular flexibility index (Phi) is 5.76. The topological polar surface area (TPSA) is 68.2 Å². The molecule has 0 saturated carbocycles. The van der Waals surface area contributed by atoms with E-state index in [1.165, 1.54) is 25.7 Å². The molecule has 0 aliphatic rings. The van der Waals surface area contributed by atoms with Gasteiger partial charge in [0.1, 0.15) is 29.4 Å². The molecule has 1 atom stereocenters. The predicted octanol–water partition coefficient (Wildman–Crippen LogP) is 3.81. The largest absolute Gasteiger partial charge is 0.466 e. The van der Waals surface area contributed by atoms with Crippen LogP contribution in [0.2, 0.25) is 0 Å². The van der Waals surface area contributed by atoms with Crippen LogP contribution in [0.25, 0.3) is 11.0 Å². The number of hydrogen-bond acceptors (Lipinski definition) is 3. The minimum absolute atomic E-state index is 0.378. The van der Waals surface area contributed by atoms with Gasteiger partial charge in [-0.2, -0.15) is 0 Å². The van der Waals surface area contributed by atoms with E-state index >= 15 is 0 Å². The number of nitrogens with zero attached hydrogens (tertiary/aromatic N) is 2. The van der Waals surface area contributed by atoms with E-state index in [1.54, 1.807) is 18.4 Å². The first-order valence-corrected chi connectivity index (χ1v) is 9.20. The zero-order valence-corrected chi connectivity index (χ0v) is 14.9. The Balaban J connectivity index is 1.82. The van der Waals surface area contributed by atoms with Crippen LogP contribution >= 0.6 is 0 Å². The van der Waals surface area contributed by atoms with Crippen LogP contribution < -0.4 is 10.3 Å². The van der Waals surface area contributed by atoms with Crippen LogP contribution in [-0.4, -0.2) is 9.67 Å². The van der Waals surface area contributed by atoms with Crippen molar-refractivity contribution < 1.29 is 14.1 Å². The smallest absolute Gasteiger partial charge is 0.356 e. The van der Waals surface area contributed by atoms with Crippen molar-refractivity contribution >= 4 is 17.0 Å². The second-order valence-electron chi connectivity index (χ2n) is 6.55. The van der Waals surface area contributed by atoms with Gasteiger partial charge in [-0.25, -0.2) is 9.13 Å². The highest BCUT2D eigenvalue weighted by Gasteiger charge is 2.23. The van der Waals surface area contributed by atoms with Crippen LogP contribution in [0.15, 0.2) is 47.1 Å². The molecule has 0 saturated heterocycles. The third-order valence-corrected chi connectivity index (χ3v) is 4.73. The Hall–Kier alpha value is -2.27. The van der Waals surface area contributed by atoms with Crippen LogP contribution in [0, 0.1) is 0 Å². The number of anilines is 1. The number of imidazole rings is 1. The second kappa shape index (κ2) is 8.21. The van der Waals surface area contributed by atoms with E-state index in [4.69, 9.17) is 10.2 Å². The summed E-state index contributed by atoms with van der Waals surface area (Å²) in [5.41, 5.74) is 8.60. The number of aromatic nitrogens is 2. The lowest BCUT2D eigenvalue weighted by Crippen LogP contribution is -2.39. The minimum atomic E-state index is -0.717. The third-order valence-electron chi connectivity index (χ3n) is 4.73. The molecule has 1 unspecified atom stereocenters. The third kappa shape index (κ3) is 3.87. The predicted molar refractivity (Wildman–Crippen MR) is 99.0 cm³/mol. The van der Waals surface area contributed by atoms with Gasteiger partial charge >= 0.3 is 5.95 Å². The van der Waals surface area contributed by atoms with Gasteiger partial charge in [-0.3, -0.25) is 5.73 Å². The van der Waals surface area contributed by atoms with Gasteiger partial charge in [0.2, 0.25) is 0 Å². The number of aryl methyl sites for hydroxylation is 1. The van der Waals surface area contributed by atoms with Crippen LogP contribution in [-0.2, 0) is 13.1 Å². The van der Waals surface area contributed by atoms with Gasteiger partial charge in [-0.15, -0.1) is 0 Å². The Morgan fingerprint density at radius 3 is 2.68 bits per heavy atom. The molecule has 0 bridgehead atoms. The van der Waals surface area contributed by atoms with Gasteiger partial charge in [-0.1, -0.05) is 44.7 Å². The zero-order valence-electron chi connectivity index (χ0n) is 14.9. The van der Waals surface area contributed by atoms with E-state index in [0.717, 1.165) is 24.0 Å². The summed E-state index contributed by atoms with van der Waals surface area (Å²) >= 11 is 0. The van der Waals surface area contributed by atoms with Gasteiger partial charge in [0, 0.05) is 0 Å². The number of nitrogens with two attached hydrogens (primary N) is 1. The molecule has 134 valence electrons. The number of rotatable bonds is 9. The lowest BCUT2D eigenvalue weighted by Gasteiger charge is -2.07. The first-order valence-electron chi connectivity index (χ1n) is 9.20. The second-order valence-corrected chi connectivity index (χ2v) is 6.55. The highest BCUT2D eigenvalue weighted by molar-refractivity contribution is 5.73. The molecular formula is C20H28N3O2+. The normalized spacial score (nSPS) is 12.7. The highest BCUT2D eigenvalue weighted by atomic mass is 16.4. The van der Waals surface area contributed by atoms with Crippen LogP contribution in [0.5, 0.6) is 0 Å². The first-order chi connectivity index (χ1) is 12.2. The van der Waals surface area contributed by atoms with Gasteiger partial charge in [-0.05, 0) is 30.7 Å². The number of aliphatic hydroxyl groups excluding tert-OH is 1. The molecule has 1 aromatic carbocycles. The molecule has 3 rings (SSSR count). The zero-order chi connectivity index (χ0) is 17.6. The SMILES string of the molecule is CCCCCCCn1c(N)[n+](CC(O)c2ccco2)c2ccccc21. The van der Waals surface area contributed by atoms with Crippen molar-refractivity contribution in [1.29, 1.82) is 0 Å². The van der Waals surface area contributed by atoms with E-state index in [0.29, 0.717) is 18.3 Å². The van der Waals surface area contributed by atoms with Crippen molar-refractivity contribution in [2.45, 2.75) is 58.2 Å². The number of hydrogen-bond donors (Lipinski definition) is 2. The summed E-state index contributed by atoms with van der Waals surface area (Å²) in [7, 11) is 0. The summed E-state index contributed by atoms with van der Waals surface area (Å²) in [4.78, 5) is 0. The molecule has 3 N–H and O–H groups in total. The number of nitrogen functional groups attached to an aromatic ring is 1. The Morgan fingerprint density at radius 2 is 1.92 bits per heavy atom. The number of benzene rings is 1. The highest BCUT2D eigenvalue weighted by Crippen LogP contribution is 2.20. The summed E-state index contributed by atoms with van der Waals surface area (Å²) in [6.45, 7) is 3.51. The van der Waals surface area contributed by atoms with E-state index in [-0.39, 0.29) is 0 Å². The number of fused-ring (bicyclic) bond motifs is 1. The Morgan fingerprint density at radius 1 is 1.12 bits per heavy atom. The van der Waals surface area contributed by atoms with Crippen LogP contribution in [0.3, 0.4) is 0 Å². The molecule has 5 heteroatoms. The molecule has 0 aliphatic heterocycles. The quantitative estimate of drug-likeness (QED) is 0.459. The van der Waals surface area contributed by atoms with E-state index < -0.39 is 6.10 Å². The average Bonchev–Trinajstić information content (AvgIpc) is 3.24. The fourth-order valence-electron chi connectivity index (χ4n) is 3.36. The van der Waals surface area contributed by atoms with Crippen molar-refractivity contribution in [2.24, 2.45) is 0 Å². The molecule has 0 amide bonds. The molecular weight excluding hydrogens is 314 g/mol. The maximum Gasteiger partial charge on any atom is 0.356 e. The monoisotopic (exact) mass is 342 g/mol. The van der Waals surface area contributed by atoms with Crippen molar-refractivity contribution in [3.63, 3.8) is 0 Å². The van der Waals surface area contributed by atoms with Gasteiger partial charge < -0.3 is 9.52 Å². The molecule has 2 aromatic heterocycles. The van der Waals surface area contributed by atoms with Crippen molar-refractivity contribution in [2.75, 3.05) is 5.73 Å². The lowest BCUT2D eigenvalue weighted by atomic mass is 10.1. The molecule has 0 fully saturated rings. The van der Waals surface area contributed by atoms with Crippen molar-refractivity contribution in [3.8, 4) is 0 Å². The van der Waals surface area contributed by atoms with Gasteiger partial charge in [0.25, 0.3) is 0 Å². The molecule has 2 heterocycles. The summed E-state index contributed by atoms with van der Waals surface area (Å²) in [6.07, 6.45) is 7.00. The van der Waals surface area contributed by atoms with Crippen LogP contribution in [0.4, 0.5) is 5.95 Å². The minimum Gasteiger partial charge on any atom is -0.466 e. The summed E-state index contributed by atoms with van der Waals surface area (Å²) in [6, 6.07) is 11.7. The Labute approximate surface area is 148 Å². The molecule has 3 aromatic rings. The molecule has 5 nitrogen and oxygen atoms in total. The standard InChI is InChI=1S/C20H27N3O2/c1-2-3-4-5-8-13-22-16-10-6-7-11-17(16)23(20(22)21)15-18(24)19-12-9-14-25-19/h6-7,9-12,14,18,21,24H,2-5,8,13,15H2,1H3/p+1. The van der Waals surface area contributed by atoms with Crippen molar-refractivity contribution in [3.05, 3.63) is 48.4 Å². The summed E-state index contributed by atoms with van der Waals surface area (Å²) < 4.78 is 9.46. The maximum atomic E-state index is 10.4. The van der Waals surface area contributed by atoms with E-state index in [9.17, 15) is 5.11 Å². The number of furan rings is 1.